The van der Waals surface area contributed by atoms with Crippen LogP contribution in [0.1, 0.15) is 0 Å². The molecule has 0 unspecified atom stereocenters. The summed E-state index contributed by atoms with van der Waals surface area (Å²) in [5.41, 5.74) is -0.190. The van der Waals surface area contributed by atoms with Gasteiger partial charge in [0, 0.05) is 10.8 Å². The maximum atomic E-state index is 11.1. The summed E-state index contributed by atoms with van der Waals surface area (Å²) >= 11 is 0. The highest BCUT2D eigenvalue weighted by atomic mass is 32.2. The molecule has 0 fully saturated rings. The minimum absolute atomic E-state index is 0.125. The minimum atomic E-state index is -4.39. The number of hydrogen-bond acceptors (Lipinski definition) is 5. The van der Waals surface area contributed by atoms with E-state index in [4.69, 9.17) is 4.55 Å². The number of nitroso groups, excluding NO2 is 1. The number of aromatic hydroxyl groups is 1. The zero-order chi connectivity index (χ0) is 12.6. The van der Waals surface area contributed by atoms with E-state index < -0.39 is 15.9 Å². The highest BCUT2D eigenvalue weighted by Gasteiger charge is 2.16. The van der Waals surface area contributed by atoms with Crippen LogP contribution in [0, 0.1) is 4.91 Å². The summed E-state index contributed by atoms with van der Waals surface area (Å²) in [4.78, 5) is 10.0. The molecule has 6 nitrogen and oxygen atoms in total. The Labute approximate surface area is 96.2 Å². The topological polar surface area (TPSA) is 104 Å². The molecule has 0 aliphatic heterocycles. The predicted molar refractivity (Wildman–Crippen MR) is 60.9 cm³/mol. The highest BCUT2D eigenvalue weighted by Crippen LogP contribution is 2.36. The summed E-state index contributed by atoms with van der Waals surface area (Å²) in [6.07, 6.45) is 0. The molecule has 0 aromatic heterocycles. The second kappa shape index (κ2) is 3.79. The molecule has 0 aliphatic carbocycles. The molecule has 0 amide bonds. The third-order valence-corrected chi connectivity index (χ3v) is 3.26. The van der Waals surface area contributed by atoms with Crippen molar-refractivity contribution in [2.75, 3.05) is 0 Å². The van der Waals surface area contributed by atoms with E-state index in [0.717, 1.165) is 0 Å². The van der Waals surface area contributed by atoms with Gasteiger partial charge in [0.15, 0.2) is 5.75 Å². The van der Waals surface area contributed by atoms with Crippen LogP contribution in [-0.4, -0.2) is 18.1 Å². The van der Waals surface area contributed by atoms with Crippen molar-refractivity contribution in [3.63, 3.8) is 0 Å². The number of fused-ring (bicyclic) bond motifs is 1. The quantitative estimate of drug-likeness (QED) is 0.630. The molecule has 0 saturated carbocycles. The Kier molecular flexibility index (Phi) is 2.56. The number of phenolic OH excluding ortho intramolecular Hbond substituents is 1. The standard InChI is InChI=1S/C10H7NO5S/c12-10-7-2-1-3-9(17(14,15)16)6(7)4-5-8(10)11-13/h1-5,12H,(H,14,15,16). The van der Waals surface area contributed by atoms with E-state index in [-0.39, 0.29) is 21.4 Å². The molecule has 88 valence electrons. The summed E-state index contributed by atoms with van der Waals surface area (Å²) in [7, 11) is -4.39. The van der Waals surface area contributed by atoms with Crippen LogP contribution in [-0.2, 0) is 10.1 Å². The first kappa shape index (κ1) is 11.5. The van der Waals surface area contributed by atoms with Gasteiger partial charge in [-0.3, -0.25) is 4.55 Å². The van der Waals surface area contributed by atoms with E-state index in [1.807, 2.05) is 0 Å². The van der Waals surface area contributed by atoms with Crippen LogP contribution in [0.5, 0.6) is 5.75 Å². The Hall–Kier alpha value is -1.99. The molecule has 0 heterocycles. The van der Waals surface area contributed by atoms with Crippen molar-refractivity contribution in [1.82, 2.24) is 0 Å². The lowest BCUT2D eigenvalue weighted by atomic mass is 10.1. The van der Waals surface area contributed by atoms with Crippen LogP contribution < -0.4 is 0 Å². The van der Waals surface area contributed by atoms with Crippen LogP contribution in [0.4, 0.5) is 5.69 Å². The molecule has 17 heavy (non-hydrogen) atoms. The second-order valence-corrected chi connectivity index (χ2v) is 4.74. The largest absolute Gasteiger partial charge is 0.505 e. The van der Waals surface area contributed by atoms with Gasteiger partial charge in [-0.25, -0.2) is 0 Å². The molecule has 2 aromatic rings. The first-order chi connectivity index (χ1) is 7.95. The Morgan fingerprint density at radius 2 is 1.76 bits per heavy atom. The lowest BCUT2D eigenvalue weighted by Gasteiger charge is -2.05. The van der Waals surface area contributed by atoms with Gasteiger partial charge in [-0.05, 0) is 17.3 Å². The Morgan fingerprint density at radius 3 is 2.35 bits per heavy atom. The van der Waals surface area contributed by atoms with Gasteiger partial charge in [-0.1, -0.05) is 18.2 Å². The fourth-order valence-electron chi connectivity index (χ4n) is 1.60. The maximum absolute atomic E-state index is 11.1. The van der Waals surface area contributed by atoms with E-state index in [9.17, 15) is 18.4 Å². The van der Waals surface area contributed by atoms with Gasteiger partial charge in [0.05, 0.1) is 0 Å². The monoisotopic (exact) mass is 253 g/mol. The number of nitrogens with zero attached hydrogens (tertiary/aromatic N) is 1. The first-order valence-electron chi connectivity index (χ1n) is 4.50. The Morgan fingerprint density at radius 1 is 1.06 bits per heavy atom. The van der Waals surface area contributed by atoms with Crippen LogP contribution >= 0.6 is 0 Å². The summed E-state index contributed by atoms with van der Waals surface area (Å²) in [6, 6.07) is 6.45. The molecule has 0 spiro atoms. The van der Waals surface area contributed by atoms with Crippen molar-refractivity contribution in [1.29, 1.82) is 0 Å². The van der Waals surface area contributed by atoms with Crippen molar-refractivity contribution < 1.29 is 18.1 Å². The van der Waals surface area contributed by atoms with E-state index in [1.165, 1.54) is 30.3 Å². The predicted octanol–water partition coefficient (Wildman–Crippen LogP) is 2.19. The molecule has 2 aromatic carbocycles. The summed E-state index contributed by atoms with van der Waals surface area (Å²) in [5.74, 6) is -0.414. The molecule has 0 bridgehead atoms. The van der Waals surface area contributed by atoms with Gasteiger partial charge in [0.2, 0.25) is 0 Å². The molecule has 2 N–H and O–H groups in total. The maximum Gasteiger partial charge on any atom is 0.295 e. The van der Waals surface area contributed by atoms with Crippen molar-refractivity contribution in [3.8, 4) is 5.75 Å². The zero-order valence-electron chi connectivity index (χ0n) is 8.36. The smallest absolute Gasteiger partial charge is 0.295 e. The highest BCUT2D eigenvalue weighted by molar-refractivity contribution is 7.86. The fraction of sp³-hybridized carbons (Fsp3) is 0. The Bertz CT molecular complexity index is 708. The molecule has 2 rings (SSSR count). The van der Waals surface area contributed by atoms with Gasteiger partial charge in [0.25, 0.3) is 10.1 Å². The molecule has 0 aliphatic rings. The average molecular weight is 253 g/mol. The van der Waals surface area contributed by atoms with Crippen molar-refractivity contribution in [2.24, 2.45) is 5.18 Å². The van der Waals surface area contributed by atoms with E-state index in [1.54, 1.807) is 0 Å². The Balaban J connectivity index is 2.94. The minimum Gasteiger partial charge on any atom is -0.505 e. The van der Waals surface area contributed by atoms with E-state index >= 15 is 0 Å². The third-order valence-electron chi connectivity index (χ3n) is 2.35. The van der Waals surface area contributed by atoms with Crippen molar-refractivity contribution in [2.45, 2.75) is 4.90 Å². The average Bonchev–Trinajstić information content (AvgIpc) is 2.28. The zero-order valence-corrected chi connectivity index (χ0v) is 9.18. The number of rotatable bonds is 2. The number of benzene rings is 2. The first-order valence-corrected chi connectivity index (χ1v) is 5.94. The fourth-order valence-corrected chi connectivity index (χ4v) is 2.31. The third kappa shape index (κ3) is 1.85. The van der Waals surface area contributed by atoms with Gasteiger partial charge in [-0.2, -0.15) is 8.42 Å². The number of phenols is 1. The van der Waals surface area contributed by atoms with Crippen LogP contribution in [0.15, 0.2) is 40.4 Å². The summed E-state index contributed by atoms with van der Waals surface area (Å²) in [5, 5.41) is 12.5. The summed E-state index contributed by atoms with van der Waals surface area (Å²) < 4.78 is 31.2. The molecule has 7 heteroatoms. The van der Waals surface area contributed by atoms with Gasteiger partial charge >= 0.3 is 0 Å². The van der Waals surface area contributed by atoms with E-state index in [0.29, 0.717) is 0 Å². The van der Waals surface area contributed by atoms with Gasteiger partial charge < -0.3 is 5.11 Å². The molecular weight excluding hydrogens is 246 g/mol. The van der Waals surface area contributed by atoms with Gasteiger partial charge in [0.1, 0.15) is 10.6 Å². The van der Waals surface area contributed by atoms with Crippen LogP contribution in [0.25, 0.3) is 10.8 Å². The summed E-state index contributed by atoms with van der Waals surface area (Å²) in [6.45, 7) is 0. The molecule has 0 radical (unpaired) electrons. The second-order valence-electron chi connectivity index (χ2n) is 3.35. The van der Waals surface area contributed by atoms with Crippen molar-refractivity contribution >= 4 is 26.6 Å². The van der Waals surface area contributed by atoms with Crippen LogP contribution in [0.2, 0.25) is 0 Å². The van der Waals surface area contributed by atoms with Crippen molar-refractivity contribution in [3.05, 3.63) is 35.2 Å². The van der Waals surface area contributed by atoms with E-state index in [2.05, 4.69) is 5.18 Å². The normalized spacial score (nSPS) is 11.6. The molecule has 0 atom stereocenters. The molecule has 0 saturated heterocycles. The number of hydrogen-bond donors (Lipinski definition) is 2. The molecular formula is C10H7NO5S. The lowest BCUT2D eigenvalue weighted by molar-refractivity contribution is 0.482. The lowest BCUT2D eigenvalue weighted by Crippen LogP contribution is -1.98. The van der Waals surface area contributed by atoms with Crippen LogP contribution in [0.3, 0.4) is 0 Å². The van der Waals surface area contributed by atoms with Gasteiger partial charge in [-0.15, -0.1) is 4.91 Å². The SMILES string of the molecule is O=Nc1ccc2c(S(=O)(=O)O)cccc2c1O.